The Morgan fingerprint density at radius 3 is 2.42 bits per heavy atom. The van der Waals surface area contributed by atoms with Gasteiger partial charge in [-0.05, 0) is 59.8 Å². The van der Waals surface area contributed by atoms with Gasteiger partial charge in [-0.15, -0.1) is 0 Å². The molecule has 1 amide bonds. The molecule has 0 aliphatic rings. The summed E-state index contributed by atoms with van der Waals surface area (Å²) in [5.74, 6) is 0. The number of ether oxygens (including phenoxy) is 1. The van der Waals surface area contributed by atoms with Crippen LogP contribution in [0, 0.1) is 3.57 Å². The zero-order valence-electron chi connectivity index (χ0n) is 10.5. The van der Waals surface area contributed by atoms with Crippen molar-refractivity contribution < 1.29 is 9.53 Å². The number of hydrogen-bond donors (Lipinski definition) is 0. The Morgan fingerprint density at radius 1 is 1.11 bits per heavy atom. The van der Waals surface area contributed by atoms with Crippen molar-refractivity contribution in [2.24, 2.45) is 0 Å². The average Bonchev–Trinajstić information content (AvgIpc) is 2.40. The number of hydrogen-bond acceptors (Lipinski definition) is 2. The molecule has 0 fully saturated rings. The Bertz CT molecular complexity index is 557. The molecule has 3 nitrogen and oxygen atoms in total. The molecule has 0 aliphatic heterocycles. The van der Waals surface area contributed by atoms with Crippen molar-refractivity contribution in [3.05, 3.63) is 58.2 Å². The van der Waals surface area contributed by atoms with Crippen molar-refractivity contribution in [3.8, 4) is 0 Å². The van der Waals surface area contributed by atoms with Gasteiger partial charge in [-0.25, -0.2) is 9.69 Å². The van der Waals surface area contributed by atoms with E-state index < -0.39 is 0 Å². The topological polar surface area (TPSA) is 29.5 Å². The Balaban J connectivity index is 2.43. The van der Waals surface area contributed by atoms with Gasteiger partial charge in [0.05, 0.1) is 18.0 Å². The van der Waals surface area contributed by atoms with E-state index in [0.29, 0.717) is 6.61 Å². The number of amides is 1. The molecule has 0 saturated carbocycles. The van der Waals surface area contributed by atoms with Gasteiger partial charge >= 0.3 is 6.09 Å². The number of nitrogens with zero attached hydrogens (tertiary/aromatic N) is 1. The summed E-state index contributed by atoms with van der Waals surface area (Å²) in [5.41, 5.74) is 1.60. The molecule has 0 unspecified atom stereocenters. The summed E-state index contributed by atoms with van der Waals surface area (Å²) < 4.78 is 6.21. The Hall–Kier alpha value is -1.56. The first-order valence-corrected chi connectivity index (χ1v) is 7.07. The Kier molecular flexibility index (Phi) is 4.79. The van der Waals surface area contributed by atoms with Gasteiger partial charge in [0.2, 0.25) is 0 Å². The summed E-state index contributed by atoms with van der Waals surface area (Å²) in [7, 11) is 0. The highest BCUT2D eigenvalue weighted by Crippen LogP contribution is 2.27. The molecule has 2 aromatic carbocycles. The molecule has 0 aliphatic carbocycles. The molecule has 0 aromatic heterocycles. The van der Waals surface area contributed by atoms with Crippen LogP contribution in [0.5, 0.6) is 0 Å². The van der Waals surface area contributed by atoms with Crippen LogP contribution in [0.25, 0.3) is 0 Å². The number of carbonyl (C=O) groups is 1. The fourth-order valence-electron chi connectivity index (χ4n) is 1.74. The maximum Gasteiger partial charge on any atom is 0.418 e. The molecule has 0 N–H and O–H groups in total. The molecule has 0 spiro atoms. The van der Waals surface area contributed by atoms with E-state index in [9.17, 15) is 4.79 Å². The van der Waals surface area contributed by atoms with E-state index in [4.69, 9.17) is 4.74 Å². The van der Waals surface area contributed by atoms with E-state index in [1.165, 1.54) is 0 Å². The summed E-state index contributed by atoms with van der Waals surface area (Å²) in [4.78, 5) is 13.7. The first-order chi connectivity index (χ1) is 9.22. The van der Waals surface area contributed by atoms with Crippen LogP contribution in [0.15, 0.2) is 54.6 Å². The fraction of sp³-hybridized carbons (Fsp3) is 0.133. The first-order valence-electron chi connectivity index (χ1n) is 6.00. The van der Waals surface area contributed by atoms with E-state index in [0.717, 1.165) is 14.9 Å². The molecule has 0 atom stereocenters. The van der Waals surface area contributed by atoms with Gasteiger partial charge in [-0.2, -0.15) is 0 Å². The number of benzene rings is 2. The van der Waals surface area contributed by atoms with Crippen molar-refractivity contribution in [3.63, 3.8) is 0 Å². The van der Waals surface area contributed by atoms with Gasteiger partial charge in [0.15, 0.2) is 0 Å². The van der Waals surface area contributed by atoms with Crippen LogP contribution in [0.2, 0.25) is 0 Å². The SMILES string of the molecule is CCOC(=O)N(c1ccccc1)c1cccc(I)c1. The van der Waals surface area contributed by atoms with Crippen LogP contribution in [0.4, 0.5) is 16.2 Å². The summed E-state index contributed by atoms with van der Waals surface area (Å²) in [6, 6.07) is 17.2. The highest BCUT2D eigenvalue weighted by Gasteiger charge is 2.18. The number of halogens is 1. The molecule has 4 heteroatoms. The summed E-state index contributed by atoms with van der Waals surface area (Å²) in [6.45, 7) is 2.15. The second kappa shape index (κ2) is 6.56. The minimum absolute atomic E-state index is 0.353. The highest BCUT2D eigenvalue weighted by molar-refractivity contribution is 14.1. The average molecular weight is 367 g/mol. The number of rotatable bonds is 3. The van der Waals surface area contributed by atoms with Crippen molar-refractivity contribution in [2.45, 2.75) is 6.92 Å². The van der Waals surface area contributed by atoms with Gasteiger partial charge < -0.3 is 4.74 Å². The van der Waals surface area contributed by atoms with Gasteiger partial charge in [0.1, 0.15) is 0 Å². The molecular weight excluding hydrogens is 353 g/mol. The molecule has 0 heterocycles. The maximum absolute atomic E-state index is 12.2. The van der Waals surface area contributed by atoms with Gasteiger partial charge in [-0.3, -0.25) is 0 Å². The standard InChI is InChI=1S/C15H14INO2/c1-2-19-15(18)17(13-8-4-3-5-9-13)14-10-6-7-12(16)11-14/h3-11H,2H2,1H3. The van der Waals surface area contributed by atoms with Crippen LogP contribution >= 0.6 is 22.6 Å². The monoisotopic (exact) mass is 367 g/mol. The third kappa shape index (κ3) is 3.47. The zero-order valence-corrected chi connectivity index (χ0v) is 12.7. The lowest BCUT2D eigenvalue weighted by Gasteiger charge is -2.22. The van der Waals surface area contributed by atoms with Crippen LogP contribution in [0.1, 0.15) is 6.92 Å². The smallest absolute Gasteiger partial charge is 0.418 e. The number of carbonyl (C=O) groups excluding carboxylic acids is 1. The second-order valence-corrected chi connectivity index (χ2v) is 5.10. The van der Waals surface area contributed by atoms with E-state index in [2.05, 4.69) is 22.6 Å². The lowest BCUT2D eigenvalue weighted by atomic mass is 10.2. The quantitative estimate of drug-likeness (QED) is 0.743. The molecule has 0 bridgehead atoms. The molecule has 0 radical (unpaired) electrons. The largest absolute Gasteiger partial charge is 0.449 e. The van der Waals surface area contributed by atoms with Gasteiger partial charge in [0.25, 0.3) is 0 Å². The van der Waals surface area contributed by atoms with Crippen molar-refractivity contribution in [1.29, 1.82) is 0 Å². The molecule has 98 valence electrons. The summed E-state index contributed by atoms with van der Waals surface area (Å²) in [6.07, 6.45) is -0.365. The minimum atomic E-state index is -0.365. The fourth-order valence-corrected chi connectivity index (χ4v) is 2.27. The predicted molar refractivity (Wildman–Crippen MR) is 84.8 cm³/mol. The molecule has 2 rings (SSSR count). The lowest BCUT2D eigenvalue weighted by Crippen LogP contribution is -2.26. The minimum Gasteiger partial charge on any atom is -0.449 e. The first kappa shape index (κ1) is 13.9. The Labute approximate surface area is 126 Å². The Morgan fingerprint density at radius 2 is 1.79 bits per heavy atom. The molecule has 19 heavy (non-hydrogen) atoms. The van der Waals surface area contributed by atoms with E-state index in [1.807, 2.05) is 54.6 Å². The lowest BCUT2D eigenvalue weighted by molar-refractivity contribution is 0.162. The third-order valence-electron chi connectivity index (χ3n) is 2.53. The predicted octanol–water partition coefficient (Wildman–Crippen LogP) is 4.59. The van der Waals surface area contributed by atoms with Gasteiger partial charge in [-0.1, -0.05) is 24.3 Å². The van der Waals surface area contributed by atoms with E-state index >= 15 is 0 Å². The summed E-state index contributed by atoms with van der Waals surface area (Å²) in [5, 5.41) is 0. The summed E-state index contributed by atoms with van der Waals surface area (Å²) >= 11 is 2.22. The molecule has 0 saturated heterocycles. The zero-order chi connectivity index (χ0) is 13.7. The normalized spacial score (nSPS) is 10.0. The van der Waals surface area contributed by atoms with Gasteiger partial charge in [0, 0.05) is 3.57 Å². The van der Waals surface area contributed by atoms with Crippen molar-refractivity contribution in [1.82, 2.24) is 0 Å². The van der Waals surface area contributed by atoms with Crippen LogP contribution in [-0.2, 0) is 4.74 Å². The van der Waals surface area contributed by atoms with Crippen molar-refractivity contribution in [2.75, 3.05) is 11.5 Å². The highest BCUT2D eigenvalue weighted by atomic mass is 127. The van der Waals surface area contributed by atoms with Crippen LogP contribution < -0.4 is 4.90 Å². The van der Waals surface area contributed by atoms with E-state index in [-0.39, 0.29) is 6.09 Å². The van der Waals surface area contributed by atoms with E-state index in [1.54, 1.807) is 11.8 Å². The second-order valence-electron chi connectivity index (χ2n) is 3.85. The molecular formula is C15H14INO2. The van der Waals surface area contributed by atoms with Crippen LogP contribution in [-0.4, -0.2) is 12.7 Å². The third-order valence-corrected chi connectivity index (χ3v) is 3.20. The maximum atomic E-state index is 12.2. The van der Waals surface area contributed by atoms with Crippen molar-refractivity contribution >= 4 is 40.1 Å². The number of anilines is 2. The molecule has 2 aromatic rings. The number of para-hydroxylation sites is 1. The van der Waals surface area contributed by atoms with Crippen LogP contribution in [0.3, 0.4) is 0 Å².